The zero-order chi connectivity index (χ0) is 18.6. The van der Waals surface area contributed by atoms with Crippen molar-refractivity contribution in [1.82, 2.24) is 19.9 Å². The van der Waals surface area contributed by atoms with Crippen molar-refractivity contribution in [3.63, 3.8) is 0 Å². The molecule has 27 heavy (non-hydrogen) atoms. The van der Waals surface area contributed by atoms with Crippen LogP contribution in [0.5, 0.6) is 5.75 Å². The van der Waals surface area contributed by atoms with Gasteiger partial charge in [-0.05, 0) is 17.7 Å². The summed E-state index contributed by atoms with van der Waals surface area (Å²) in [5.74, 6) is 3.38. The SMILES string of the molecule is CCc1nc2nc(SCc3ccc(OC)cc3)nc(N3C=COCC3)c2[nH]1. The number of aromatic amines is 1. The number of methoxy groups -OCH3 is 1. The monoisotopic (exact) mass is 383 g/mol. The van der Waals surface area contributed by atoms with E-state index in [4.69, 9.17) is 14.5 Å². The van der Waals surface area contributed by atoms with Gasteiger partial charge >= 0.3 is 0 Å². The maximum absolute atomic E-state index is 5.31. The van der Waals surface area contributed by atoms with E-state index in [9.17, 15) is 0 Å². The number of anilines is 1. The first-order chi connectivity index (χ1) is 13.3. The van der Waals surface area contributed by atoms with E-state index in [1.807, 2.05) is 18.3 Å². The molecule has 140 valence electrons. The number of fused-ring (bicyclic) bond motifs is 1. The van der Waals surface area contributed by atoms with Gasteiger partial charge in [0, 0.05) is 18.4 Å². The lowest BCUT2D eigenvalue weighted by atomic mass is 10.2. The number of aromatic nitrogens is 4. The van der Waals surface area contributed by atoms with Crippen molar-refractivity contribution in [2.24, 2.45) is 0 Å². The Labute approximate surface area is 161 Å². The van der Waals surface area contributed by atoms with E-state index < -0.39 is 0 Å². The highest BCUT2D eigenvalue weighted by atomic mass is 32.2. The van der Waals surface area contributed by atoms with Crippen LogP contribution in [0.1, 0.15) is 18.3 Å². The highest BCUT2D eigenvalue weighted by Crippen LogP contribution is 2.28. The fourth-order valence-electron chi connectivity index (χ4n) is 2.81. The van der Waals surface area contributed by atoms with Crippen molar-refractivity contribution in [2.75, 3.05) is 25.2 Å². The summed E-state index contributed by atoms with van der Waals surface area (Å²) < 4.78 is 10.5. The van der Waals surface area contributed by atoms with Crippen LogP contribution in [0.2, 0.25) is 0 Å². The summed E-state index contributed by atoms with van der Waals surface area (Å²) >= 11 is 1.60. The van der Waals surface area contributed by atoms with Crippen molar-refractivity contribution >= 4 is 28.7 Å². The van der Waals surface area contributed by atoms with Gasteiger partial charge in [-0.1, -0.05) is 30.8 Å². The van der Waals surface area contributed by atoms with Crippen LogP contribution in [0.3, 0.4) is 0 Å². The van der Waals surface area contributed by atoms with Crippen molar-refractivity contribution in [2.45, 2.75) is 24.3 Å². The lowest BCUT2D eigenvalue weighted by Crippen LogP contribution is -2.25. The first-order valence-electron chi connectivity index (χ1n) is 8.84. The second-order valence-electron chi connectivity index (χ2n) is 6.05. The molecule has 1 N–H and O–H groups in total. The molecule has 0 aliphatic carbocycles. The molecule has 4 rings (SSSR count). The average Bonchev–Trinajstić information content (AvgIpc) is 3.16. The van der Waals surface area contributed by atoms with Crippen molar-refractivity contribution in [3.8, 4) is 5.75 Å². The van der Waals surface area contributed by atoms with Gasteiger partial charge in [0.05, 0.1) is 19.9 Å². The largest absolute Gasteiger partial charge is 0.498 e. The van der Waals surface area contributed by atoms with Gasteiger partial charge in [-0.3, -0.25) is 0 Å². The lowest BCUT2D eigenvalue weighted by Gasteiger charge is -2.22. The van der Waals surface area contributed by atoms with E-state index in [1.54, 1.807) is 25.1 Å². The van der Waals surface area contributed by atoms with Gasteiger partial charge in [-0.15, -0.1) is 0 Å². The number of ether oxygens (including phenoxy) is 2. The first-order valence-corrected chi connectivity index (χ1v) is 9.82. The Hall–Kier alpha value is -2.74. The predicted octanol–water partition coefficient (Wildman–Crippen LogP) is 3.52. The van der Waals surface area contributed by atoms with Gasteiger partial charge in [0.25, 0.3) is 0 Å². The van der Waals surface area contributed by atoms with E-state index in [2.05, 4.69) is 38.9 Å². The first kappa shape index (κ1) is 17.7. The van der Waals surface area contributed by atoms with Crippen LogP contribution in [0, 0.1) is 0 Å². The zero-order valence-electron chi connectivity index (χ0n) is 15.3. The zero-order valence-corrected chi connectivity index (χ0v) is 16.1. The summed E-state index contributed by atoms with van der Waals surface area (Å²) in [5.41, 5.74) is 2.76. The van der Waals surface area contributed by atoms with Crippen molar-refractivity contribution < 1.29 is 9.47 Å². The molecule has 8 heteroatoms. The van der Waals surface area contributed by atoms with Gasteiger partial charge in [0.15, 0.2) is 16.6 Å². The molecule has 7 nitrogen and oxygen atoms in total. The molecule has 0 radical (unpaired) electrons. The molecule has 0 spiro atoms. The number of rotatable bonds is 6. The summed E-state index contributed by atoms with van der Waals surface area (Å²) in [7, 11) is 1.67. The predicted molar refractivity (Wildman–Crippen MR) is 106 cm³/mol. The maximum Gasteiger partial charge on any atom is 0.192 e. The standard InChI is InChI=1S/C19H21N5O2S/c1-3-15-20-16-17(21-15)22-19(23-18(16)24-8-10-26-11-9-24)27-12-13-4-6-14(25-2)7-5-13/h4-8,10H,3,9,11-12H2,1-2H3,(H,20,21,22,23). The minimum absolute atomic E-state index is 0.630. The van der Waals surface area contributed by atoms with Gasteiger partial charge in [-0.25, -0.2) is 15.0 Å². The Kier molecular flexibility index (Phi) is 5.15. The van der Waals surface area contributed by atoms with E-state index in [0.717, 1.165) is 41.6 Å². The molecule has 3 aromatic rings. The molecule has 1 aliphatic rings. The van der Waals surface area contributed by atoms with Crippen LogP contribution in [0.25, 0.3) is 11.2 Å². The fraction of sp³-hybridized carbons (Fsp3) is 0.316. The highest BCUT2D eigenvalue weighted by molar-refractivity contribution is 7.98. The van der Waals surface area contributed by atoms with E-state index in [1.165, 1.54) is 5.56 Å². The maximum atomic E-state index is 5.31. The van der Waals surface area contributed by atoms with Crippen LogP contribution in [-0.4, -0.2) is 40.2 Å². The smallest absolute Gasteiger partial charge is 0.192 e. The minimum atomic E-state index is 0.630. The normalized spacial score (nSPS) is 13.8. The van der Waals surface area contributed by atoms with E-state index in [0.29, 0.717) is 17.4 Å². The molecule has 0 saturated heterocycles. The number of hydrogen-bond donors (Lipinski definition) is 1. The fourth-order valence-corrected chi connectivity index (χ4v) is 3.60. The number of thioether (sulfide) groups is 1. The lowest BCUT2D eigenvalue weighted by molar-refractivity contribution is 0.245. The molecule has 0 amide bonds. The van der Waals surface area contributed by atoms with Gasteiger partial charge < -0.3 is 19.4 Å². The molecule has 1 aliphatic heterocycles. The number of nitrogens with one attached hydrogen (secondary N) is 1. The number of aryl methyl sites for hydroxylation is 1. The molecule has 1 aromatic carbocycles. The Morgan fingerprint density at radius 2 is 2.07 bits per heavy atom. The number of H-pyrrole nitrogens is 1. The van der Waals surface area contributed by atoms with Gasteiger partial charge in [0.1, 0.15) is 23.7 Å². The van der Waals surface area contributed by atoms with Crippen LogP contribution in [0.15, 0.2) is 41.9 Å². The summed E-state index contributed by atoms with van der Waals surface area (Å²) in [4.78, 5) is 19.5. The number of nitrogens with zero attached hydrogens (tertiary/aromatic N) is 4. The van der Waals surface area contributed by atoms with Gasteiger partial charge in [0.2, 0.25) is 0 Å². The molecular formula is C19H21N5O2S. The molecule has 0 unspecified atom stereocenters. The van der Waals surface area contributed by atoms with E-state index in [-0.39, 0.29) is 0 Å². The summed E-state index contributed by atoms with van der Waals surface area (Å²) in [6, 6.07) is 8.04. The quantitative estimate of drug-likeness (QED) is 0.515. The third-order valence-corrected chi connectivity index (χ3v) is 5.20. The Bertz CT molecular complexity index is 955. The molecular weight excluding hydrogens is 362 g/mol. The summed E-state index contributed by atoms with van der Waals surface area (Å²) in [6.45, 7) is 3.44. The topological polar surface area (TPSA) is 76.2 Å². The Morgan fingerprint density at radius 1 is 1.22 bits per heavy atom. The molecule has 3 heterocycles. The molecule has 0 fully saturated rings. The molecule has 0 atom stereocenters. The average molecular weight is 383 g/mol. The number of imidazole rings is 1. The molecule has 0 saturated carbocycles. The van der Waals surface area contributed by atoms with Crippen molar-refractivity contribution in [1.29, 1.82) is 0 Å². The molecule has 2 aromatic heterocycles. The third kappa shape index (κ3) is 3.85. The Morgan fingerprint density at radius 3 is 2.78 bits per heavy atom. The number of hydrogen-bond acceptors (Lipinski definition) is 7. The second-order valence-corrected chi connectivity index (χ2v) is 6.99. The van der Waals surface area contributed by atoms with Crippen LogP contribution in [-0.2, 0) is 16.9 Å². The Balaban J connectivity index is 1.63. The van der Waals surface area contributed by atoms with Crippen LogP contribution >= 0.6 is 11.8 Å². The van der Waals surface area contributed by atoms with Crippen LogP contribution < -0.4 is 9.64 Å². The second kappa shape index (κ2) is 7.87. The molecule has 0 bridgehead atoms. The summed E-state index contributed by atoms with van der Waals surface area (Å²) in [6.07, 6.45) is 4.41. The summed E-state index contributed by atoms with van der Waals surface area (Å²) in [5, 5.41) is 0.711. The highest BCUT2D eigenvalue weighted by Gasteiger charge is 2.18. The van der Waals surface area contributed by atoms with Crippen molar-refractivity contribution in [3.05, 3.63) is 48.1 Å². The van der Waals surface area contributed by atoms with E-state index >= 15 is 0 Å². The van der Waals surface area contributed by atoms with Crippen LogP contribution in [0.4, 0.5) is 5.82 Å². The number of benzene rings is 1. The third-order valence-electron chi connectivity index (χ3n) is 4.28. The van der Waals surface area contributed by atoms with Gasteiger partial charge in [-0.2, -0.15) is 0 Å². The minimum Gasteiger partial charge on any atom is -0.498 e.